The maximum atomic E-state index is 13.3. The van der Waals surface area contributed by atoms with Crippen molar-refractivity contribution in [1.29, 1.82) is 0 Å². The van der Waals surface area contributed by atoms with Crippen LogP contribution in [0, 0.1) is 17.8 Å². The van der Waals surface area contributed by atoms with Gasteiger partial charge in [0.05, 0.1) is 4.90 Å². The fourth-order valence-corrected chi connectivity index (χ4v) is 5.58. The third kappa shape index (κ3) is 5.26. The highest BCUT2D eigenvalue weighted by Crippen LogP contribution is 2.65. The standard InChI is InChI=1S/C18H24F2N2O2S.C6H6/c1-25(23,24)15-4-2-3-14(11-15)22-7-5-21(6-8-22)12-13-9-16-17(10-13)18(16,19)20;1-2-4-6-5-3-1/h2-4,11,13,16-17H,5-10,12H2,1H3;1-6H. The van der Waals surface area contributed by atoms with Crippen LogP contribution in [0.1, 0.15) is 12.8 Å². The lowest BCUT2D eigenvalue weighted by molar-refractivity contribution is 0.0586. The monoisotopic (exact) mass is 448 g/mol. The second-order valence-electron chi connectivity index (χ2n) is 8.94. The molecule has 1 heterocycles. The van der Waals surface area contributed by atoms with Crippen LogP contribution >= 0.6 is 0 Å². The zero-order chi connectivity index (χ0) is 22.1. The summed E-state index contributed by atoms with van der Waals surface area (Å²) in [5.41, 5.74) is 0.935. The van der Waals surface area contributed by atoms with Crippen molar-refractivity contribution in [1.82, 2.24) is 4.90 Å². The molecule has 31 heavy (non-hydrogen) atoms. The smallest absolute Gasteiger partial charge is 0.254 e. The van der Waals surface area contributed by atoms with Crippen LogP contribution in [0.2, 0.25) is 0 Å². The molecular formula is C24H30F2N2O2S. The number of anilines is 1. The maximum Gasteiger partial charge on any atom is 0.254 e. The van der Waals surface area contributed by atoms with Crippen molar-refractivity contribution in [2.75, 3.05) is 43.9 Å². The van der Waals surface area contributed by atoms with Gasteiger partial charge in [0.2, 0.25) is 0 Å². The molecule has 3 aliphatic rings. The minimum absolute atomic E-state index is 0.346. The van der Waals surface area contributed by atoms with E-state index in [1.54, 1.807) is 18.2 Å². The Morgan fingerprint density at radius 1 is 0.903 bits per heavy atom. The number of hydrogen-bond acceptors (Lipinski definition) is 4. The molecule has 0 bridgehead atoms. The van der Waals surface area contributed by atoms with Crippen molar-refractivity contribution in [3.8, 4) is 0 Å². The second-order valence-corrected chi connectivity index (χ2v) is 11.0. The molecule has 2 saturated carbocycles. The molecule has 0 N–H and O–H groups in total. The van der Waals surface area contributed by atoms with Gasteiger partial charge in [-0.05, 0) is 37.0 Å². The summed E-state index contributed by atoms with van der Waals surface area (Å²) in [6.45, 7) is 4.38. The first-order valence-electron chi connectivity index (χ1n) is 10.9. The summed E-state index contributed by atoms with van der Waals surface area (Å²) in [6.07, 6.45) is 2.57. The van der Waals surface area contributed by atoms with Crippen molar-refractivity contribution in [2.24, 2.45) is 17.8 Å². The van der Waals surface area contributed by atoms with Gasteiger partial charge in [-0.15, -0.1) is 0 Å². The molecule has 0 radical (unpaired) electrons. The Hall–Kier alpha value is -1.99. The van der Waals surface area contributed by atoms with E-state index in [0.717, 1.165) is 38.4 Å². The SMILES string of the molecule is CS(=O)(=O)c1cccc(N2CCN(CC3CC4C(C3)C4(F)F)CC2)c1.c1ccccc1. The molecule has 2 aliphatic carbocycles. The molecule has 2 atom stereocenters. The van der Waals surface area contributed by atoms with Gasteiger partial charge in [0, 0.05) is 56.5 Å². The van der Waals surface area contributed by atoms with Crippen molar-refractivity contribution < 1.29 is 17.2 Å². The Bertz CT molecular complexity index is 935. The highest BCUT2D eigenvalue weighted by molar-refractivity contribution is 7.90. The largest absolute Gasteiger partial charge is 0.369 e. The summed E-state index contributed by atoms with van der Waals surface area (Å²) < 4.78 is 50.0. The molecule has 2 aromatic rings. The predicted molar refractivity (Wildman–Crippen MR) is 119 cm³/mol. The van der Waals surface area contributed by atoms with Gasteiger partial charge in [-0.3, -0.25) is 4.90 Å². The van der Waals surface area contributed by atoms with E-state index in [4.69, 9.17) is 0 Å². The van der Waals surface area contributed by atoms with Gasteiger partial charge in [-0.1, -0.05) is 42.5 Å². The number of rotatable bonds is 4. The van der Waals surface area contributed by atoms with Crippen molar-refractivity contribution >= 4 is 15.5 Å². The van der Waals surface area contributed by atoms with Crippen LogP contribution in [0.4, 0.5) is 14.5 Å². The molecular weight excluding hydrogens is 418 g/mol. The van der Waals surface area contributed by atoms with Crippen molar-refractivity contribution in [3.05, 3.63) is 60.7 Å². The van der Waals surface area contributed by atoms with Gasteiger partial charge in [0.25, 0.3) is 5.92 Å². The summed E-state index contributed by atoms with van der Waals surface area (Å²) >= 11 is 0. The average Bonchev–Trinajstić information content (AvgIpc) is 3.08. The fourth-order valence-electron chi connectivity index (χ4n) is 4.92. The summed E-state index contributed by atoms with van der Waals surface area (Å²) in [6, 6.07) is 19.1. The van der Waals surface area contributed by atoms with Gasteiger partial charge in [-0.25, -0.2) is 17.2 Å². The number of nitrogens with zero attached hydrogens (tertiary/aromatic N) is 2. The number of benzene rings is 2. The number of fused-ring (bicyclic) bond motifs is 1. The summed E-state index contributed by atoms with van der Waals surface area (Å²) in [5.74, 6) is -2.66. The van der Waals surface area contributed by atoms with Crippen LogP contribution in [0.3, 0.4) is 0 Å². The van der Waals surface area contributed by atoms with Crippen LogP contribution < -0.4 is 4.90 Å². The average molecular weight is 449 g/mol. The minimum Gasteiger partial charge on any atom is -0.369 e. The van der Waals surface area contributed by atoms with E-state index in [-0.39, 0.29) is 11.8 Å². The van der Waals surface area contributed by atoms with Crippen molar-refractivity contribution in [2.45, 2.75) is 23.7 Å². The zero-order valence-electron chi connectivity index (χ0n) is 17.8. The van der Waals surface area contributed by atoms with Crippen LogP contribution in [0.15, 0.2) is 65.6 Å². The number of hydrogen-bond donors (Lipinski definition) is 0. The van der Waals surface area contributed by atoms with Gasteiger partial charge in [-0.2, -0.15) is 0 Å². The highest BCUT2D eigenvalue weighted by atomic mass is 32.2. The first-order chi connectivity index (χ1) is 14.7. The van der Waals surface area contributed by atoms with E-state index in [1.165, 1.54) is 6.26 Å². The van der Waals surface area contributed by atoms with Gasteiger partial charge in [0.1, 0.15) is 0 Å². The quantitative estimate of drug-likeness (QED) is 0.703. The Labute approximate surface area is 183 Å². The lowest BCUT2D eigenvalue weighted by Crippen LogP contribution is -2.47. The molecule has 3 fully saturated rings. The van der Waals surface area contributed by atoms with E-state index in [1.807, 2.05) is 42.5 Å². The predicted octanol–water partition coefficient (Wildman–Crippen LogP) is 4.19. The van der Waals surface area contributed by atoms with E-state index < -0.39 is 15.8 Å². The molecule has 1 aliphatic heterocycles. The number of sulfone groups is 1. The van der Waals surface area contributed by atoms with Crippen molar-refractivity contribution in [3.63, 3.8) is 0 Å². The lowest BCUT2D eigenvalue weighted by Gasteiger charge is -2.37. The molecule has 7 heteroatoms. The topological polar surface area (TPSA) is 40.6 Å². The lowest BCUT2D eigenvalue weighted by atomic mass is 10.0. The molecule has 2 aromatic carbocycles. The molecule has 5 rings (SSSR count). The van der Waals surface area contributed by atoms with E-state index >= 15 is 0 Å². The Balaban J connectivity index is 0.000000334. The third-order valence-electron chi connectivity index (χ3n) is 6.71. The molecule has 0 aromatic heterocycles. The number of halogens is 2. The molecule has 1 saturated heterocycles. The van der Waals surface area contributed by atoms with E-state index in [2.05, 4.69) is 9.80 Å². The molecule has 2 unspecified atom stereocenters. The Morgan fingerprint density at radius 3 is 1.97 bits per heavy atom. The number of alkyl halides is 2. The molecule has 168 valence electrons. The van der Waals surface area contributed by atoms with Gasteiger partial charge >= 0.3 is 0 Å². The highest BCUT2D eigenvalue weighted by Gasteiger charge is 2.71. The normalized spacial score (nSPS) is 27.2. The first-order valence-corrected chi connectivity index (χ1v) is 12.8. The van der Waals surface area contributed by atoms with E-state index in [9.17, 15) is 17.2 Å². The van der Waals surface area contributed by atoms with Gasteiger partial charge < -0.3 is 4.90 Å². The number of piperazine rings is 1. The van der Waals surface area contributed by atoms with Crippen LogP contribution in [-0.2, 0) is 9.84 Å². The maximum absolute atomic E-state index is 13.3. The Kier molecular flexibility index (Phi) is 6.35. The van der Waals surface area contributed by atoms with Crippen LogP contribution in [0.5, 0.6) is 0 Å². The van der Waals surface area contributed by atoms with E-state index in [0.29, 0.717) is 23.7 Å². The third-order valence-corrected chi connectivity index (χ3v) is 7.82. The Morgan fingerprint density at radius 2 is 1.45 bits per heavy atom. The second kappa shape index (κ2) is 8.87. The molecule has 4 nitrogen and oxygen atoms in total. The summed E-state index contributed by atoms with van der Waals surface area (Å²) in [7, 11) is -3.20. The molecule has 0 spiro atoms. The fraction of sp³-hybridized carbons (Fsp3) is 0.500. The minimum atomic E-state index is -3.20. The molecule has 0 amide bonds. The first kappa shape index (κ1) is 22.2. The van der Waals surface area contributed by atoms with Crippen LogP contribution in [-0.4, -0.2) is 58.2 Å². The summed E-state index contributed by atoms with van der Waals surface area (Å²) in [4.78, 5) is 4.91. The van der Waals surface area contributed by atoms with Crippen LogP contribution in [0.25, 0.3) is 0 Å². The zero-order valence-corrected chi connectivity index (χ0v) is 18.6. The summed E-state index contributed by atoms with van der Waals surface area (Å²) in [5, 5.41) is 0. The van der Waals surface area contributed by atoms with Gasteiger partial charge in [0.15, 0.2) is 9.84 Å².